The molecule has 90 valence electrons. The topological polar surface area (TPSA) is 36.9 Å². The molecule has 1 rings (SSSR count). The quantitative estimate of drug-likeness (QED) is 0.782. The van der Waals surface area contributed by atoms with Crippen LogP contribution in [0.4, 0.5) is 0 Å². The molecule has 0 N–H and O–H groups in total. The largest absolute Gasteiger partial charge is 0.493 e. The third kappa shape index (κ3) is 2.48. The average molecular weight is 291 g/mol. The summed E-state index contributed by atoms with van der Waals surface area (Å²) < 4.78 is 21.6. The van der Waals surface area contributed by atoms with Crippen molar-refractivity contribution < 1.29 is 18.9 Å². The molecule has 5 heteroatoms. The van der Waals surface area contributed by atoms with E-state index < -0.39 is 6.29 Å². The maximum Gasteiger partial charge on any atom is 0.184 e. The summed E-state index contributed by atoms with van der Waals surface area (Å²) >= 11 is 3.45. The Morgan fingerprint density at radius 1 is 1.00 bits per heavy atom. The fourth-order valence-electron chi connectivity index (χ4n) is 1.44. The van der Waals surface area contributed by atoms with Gasteiger partial charge in [0.25, 0.3) is 0 Å². The first kappa shape index (κ1) is 13.3. The van der Waals surface area contributed by atoms with Crippen molar-refractivity contribution in [3.8, 4) is 11.5 Å². The van der Waals surface area contributed by atoms with E-state index in [9.17, 15) is 0 Å². The summed E-state index contributed by atoms with van der Waals surface area (Å²) in [7, 11) is 6.34. The molecule has 0 bridgehead atoms. The molecule has 0 radical (unpaired) electrons. The SMILES string of the molecule is COc1ccc(C(OC)OC)c(Br)c1OC. The molecule has 0 saturated heterocycles. The first-order valence-corrected chi connectivity index (χ1v) is 5.44. The van der Waals surface area contributed by atoms with Gasteiger partial charge in [0.1, 0.15) is 0 Å². The lowest BCUT2D eigenvalue weighted by molar-refractivity contribution is -0.106. The van der Waals surface area contributed by atoms with Gasteiger partial charge >= 0.3 is 0 Å². The zero-order valence-electron chi connectivity index (χ0n) is 9.74. The molecule has 0 atom stereocenters. The van der Waals surface area contributed by atoms with E-state index >= 15 is 0 Å². The summed E-state index contributed by atoms with van der Waals surface area (Å²) in [6, 6.07) is 3.67. The Bertz CT molecular complexity index is 350. The lowest BCUT2D eigenvalue weighted by Gasteiger charge is -2.18. The number of benzene rings is 1. The minimum atomic E-state index is -0.436. The second-order valence-corrected chi connectivity index (χ2v) is 3.80. The third-order valence-corrected chi connectivity index (χ3v) is 3.01. The van der Waals surface area contributed by atoms with Crippen molar-refractivity contribution in [2.75, 3.05) is 28.4 Å². The van der Waals surface area contributed by atoms with Crippen LogP contribution in [-0.2, 0) is 9.47 Å². The zero-order valence-corrected chi connectivity index (χ0v) is 11.3. The zero-order chi connectivity index (χ0) is 12.1. The van der Waals surface area contributed by atoms with Gasteiger partial charge in [-0.25, -0.2) is 0 Å². The highest BCUT2D eigenvalue weighted by Gasteiger charge is 2.19. The second kappa shape index (κ2) is 6.08. The summed E-state index contributed by atoms with van der Waals surface area (Å²) in [5, 5.41) is 0. The van der Waals surface area contributed by atoms with E-state index in [2.05, 4.69) is 15.9 Å². The van der Waals surface area contributed by atoms with Crippen LogP contribution in [0.25, 0.3) is 0 Å². The lowest BCUT2D eigenvalue weighted by Crippen LogP contribution is -2.05. The Morgan fingerprint density at radius 3 is 2.06 bits per heavy atom. The van der Waals surface area contributed by atoms with Gasteiger partial charge in [0.05, 0.1) is 18.7 Å². The fraction of sp³-hybridized carbons (Fsp3) is 0.455. The molecule has 0 aliphatic heterocycles. The molecule has 0 spiro atoms. The molecule has 4 nitrogen and oxygen atoms in total. The average Bonchev–Trinajstić information content (AvgIpc) is 2.32. The van der Waals surface area contributed by atoms with E-state index in [1.807, 2.05) is 12.1 Å². The van der Waals surface area contributed by atoms with Crippen molar-refractivity contribution in [2.45, 2.75) is 6.29 Å². The molecule has 0 fully saturated rings. The predicted octanol–water partition coefficient (Wildman–Crippen LogP) is 2.76. The van der Waals surface area contributed by atoms with Crippen molar-refractivity contribution in [3.63, 3.8) is 0 Å². The first-order chi connectivity index (χ1) is 7.69. The maximum atomic E-state index is 5.26. The normalized spacial score (nSPS) is 10.6. The van der Waals surface area contributed by atoms with Gasteiger partial charge < -0.3 is 18.9 Å². The van der Waals surface area contributed by atoms with E-state index in [1.165, 1.54) is 0 Å². The number of rotatable bonds is 5. The number of ether oxygens (including phenoxy) is 4. The van der Waals surface area contributed by atoms with Gasteiger partial charge in [0.15, 0.2) is 17.8 Å². The Balaban J connectivity index is 3.22. The number of hydrogen-bond acceptors (Lipinski definition) is 4. The summed E-state index contributed by atoms with van der Waals surface area (Å²) in [5.74, 6) is 1.28. The van der Waals surface area contributed by atoms with Gasteiger partial charge in [-0.1, -0.05) is 0 Å². The van der Waals surface area contributed by atoms with Crippen molar-refractivity contribution in [1.82, 2.24) is 0 Å². The minimum Gasteiger partial charge on any atom is -0.493 e. The molecule has 0 unspecified atom stereocenters. The van der Waals surface area contributed by atoms with Crippen LogP contribution in [0, 0.1) is 0 Å². The van der Waals surface area contributed by atoms with Crippen molar-refractivity contribution in [2.24, 2.45) is 0 Å². The second-order valence-electron chi connectivity index (χ2n) is 3.01. The summed E-state index contributed by atoms with van der Waals surface area (Å²) in [6.07, 6.45) is -0.436. The monoisotopic (exact) mass is 290 g/mol. The summed E-state index contributed by atoms with van der Waals surface area (Å²) in [6.45, 7) is 0. The van der Waals surface area contributed by atoms with Gasteiger partial charge in [-0.15, -0.1) is 0 Å². The van der Waals surface area contributed by atoms with Gasteiger partial charge in [-0.3, -0.25) is 0 Å². The Kier molecular flexibility index (Phi) is 5.05. The predicted molar refractivity (Wildman–Crippen MR) is 64.0 cm³/mol. The number of halogens is 1. The molecule has 16 heavy (non-hydrogen) atoms. The van der Waals surface area contributed by atoms with Crippen LogP contribution in [0.15, 0.2) is 16.6 Å². The van der Waals surface area contributed by atoms with Crippen molar-refractivity contribution in [3.05, 3.63) is 22.2 Å². The van der Waals surface area contributed by atoms with Crippen molar-refractivity contribution in [1.29, 1.82) is 0 Å². The van der Waals surface area contributed by atoms with Crippen LogP contribution < -0.4 is 9.47 Å². The molecule has 0 aliphatic carbocycles. The Hall–Kier alpha value is -0.780. The van der Waals surface area contributed by atoms with E-state index in [0.717, 1.165) is 10.0 Å². The van der Waals surface area contributed by atoms with Gasteiger partial charge in [0, 0.05) is 19.8 Å². The molecule has 0 aromatic heterocycles. The molecule has 1 aromatic rings. The number of hydrogen-bond donors (Lipinski definition) is 0. The minimum absolute atomic E-state index is 0.436. The molecule has 0 saturated carbocycles. The lowest BCUT2D eigenvalue weighted by atomic mass is 10.2. The summed E-state index contributed by atoms with van der Waals surface area (Å²) in [4.78, 5) is 0. The molecule has 0 heterocycles. The van der Waals surface area contributed by atoms with Gasteiger partial charge in [-0.2, -0.15) is 0 Å². The van der Waals surface area contributed by atoms with Crippen LogP contribution in [-0.4, -0.2) is 28.4 Å². The van der Waals surface area contributed by atoms with Crippen LogP contribution in [0.1, 0.15) is 11.9 Å². The van der Waals surface area contributed by atoms with E-state index in [4.69, 9.17) is 18.9 Å². The highest BCUT2D eigenvalue weighted by Crippen LogP contribution is 2.40. The smallest absolute Gasteiger partial charge is 0.184 e. The van der Waals surface area contributed by atoms with Crippen LogP contribution in [0.5, 0.6) is 11.5 Å². The maximum absolute atomic E-state index is 5.26. The van der Waals surface area contributed by atoms with Crippen LogP contribution in [0.3, 0.4) is 0 Å². The van der Waals surface area contributed by atoms with Crippen LogP contribution >= 0.6 is 15.9 Å². The Morgan fingerprint density at radius 2 is 1.62 bits per heavy atom. The third-order valence-electron chi connectivity index (χ3n) is 2.20. The molecule has 1 aromatic carbocycles. The molecule has 0 amide bonds. The van der Waals surface area contributed by atoms with Crippen molar-refractivity contribution >= 4 is 15.9 Å². The Labute approximate surface area is 104 Å². The van der Waals surface area contributed by atoms with Gasteiger partial charge in [0.2, 0.25) is 0 Å². The molecular formula is C11H15BrO4. The number of methoxy groups -OCH3 is 4. The highest BCUT2D eigenvalue weighted by molar-refractivity contribution is 9.10. The van der Waals surface area contributed by atoms with Gasteiger partial charge in [-0.05, 0) is 28.1 Å². The van der Waals surface area contributed by atoms with E-state index in [1.54, 1.807) is 28.4 Å². The summed E-state index contributed by atoms with van der Waals surface area (Å²) in [5.41, 5.74) is 0.850. The molecule has 0 aliphatic rings. The van der Waals surface area contributed by atoms with E-state index in [-0.39, 0.29) is 0 Å². The highest BCUT2D eigenvalue weighted by atomic mass is 79.9. The standard InChI is InChI=1S/C11H15BrO4/c1-13-8-6-5-7(11(15-3)16-4)9(12)10(8)14-2/h5-6,11H,1-4H3. The first-order valence-electron chi connectivity index (χ1n) is 4.65. The van der Waals surface area contributed by atoms with Crippen LogP contribution in [0.2, 0.25) is 0 Å². The fourth-order valence-corrected chi connectivity index (χ4v) is 2.11. The van der Waals surface area contributed by atoms with E-state index in [0.29, 0.717) is 11.5 Å². The molecular weight excluding hydrogens is 276 g/mol.